The van der Waals surface area contributed by atoms with Crippen molar-refractivity contribution in [1.82, 2.24) is 5.32 Å². The lowest BCUT2D eigenvalue weighted by atomic mass is 9.89. The van der Waals surface area contributed by atoms with Gasteiger partial charge in [0.15, 0.2) is 0 Å². The molecule has 0 radical (unpaired) electrons. The summed E-state index contributed by atoms with van der Waals surface area (Å²) < 4.78 is 0. The molecule has 0 spiro atoms. The van der Waals surface area contributed by atoms with Gasteiger partial charge in [-0.1, -0.05) is 6.92 Å². The van der Waals surface area contributed by atoms with Gasteiger partial charge in [0.05, 0.1) is 6.10 Å². The Balaban J connectivity index is 2.13. The fraction of sp³-hybridized carbons (Fsp3) is 1.00. The number of hydrogen-bond donors (Lipinski definition) is 2. The monoisotopic (exact) mass is 171 g/mol. The van der Waals surface area contributed by atoms with E-state index in [1.165, 1.54) is 25.9 Å². The van der Waals surface area contributed by atoms with Crippen molar-refractivity contribution < 1.29 is 5.11 Å². The standard InChI is InChI=1S/C10H21NO/c1-8(3-4-9(2)12)10-5-6-11-7-10/h8-12H,3-7H2,1-2H3/t8-,9-,10?/m1/s1. The van der Waals surface area contributed by atoms with Crippen LogP contribution in [0.4, 0.5) is 0 Å². The minimum absolute atomic E-state index is 0.123. The molecule has 1 aliphatic heterocycles. The maximum absolute atomic E-state index is 9.13. The highest BCUT2D eigenvalue weighted by Crippen LogP contribution is 2.23. The molecule has 1 aliphatic rings. The molecular formula is C10H21NO. The highest BCUT2D eigenvalue weighted by atomic mass is 16.3. The van der Waals surface area contributed by atoms with Crippen LogP contribution in [0.5, 0.6) is 0 Å². The van der Waals surface area contributed by atoms with Crippen LogP contribution in [0.3, 0.4) is 0 Å². The van der Waals surface area contributed by atoms with Crippen molar-refractivity contribution in [2.24, 2.45) is 11.8 Å². The zero-order valence-electron chi connectivity index (χ0n) is 8.21. The maximum atomic E-state index is 9.13. The second kappa shape index (κ2) is 4.83. The third-order valence-electron chi connectivity index (χ3n) is 2.94. The van der Waals surface area contributed by atoms with E-state index in [9.17, 15) is 0 Å². The number of hydrogen-bond acceptors (Lipinski definition) is 2. The summed E-state index contributed by atoms with van der Waals surface area (Å²) in [5, 5.41) is 12.5. The summed E-state index contributed by atoms with van der Waals surface area (Å²) in [5.41, 5.74) is 0. The minimum Gasteiger partial charge on any atom is -0.393 e. The third kappa shape index (κ3) is 3.11. The Hall–Kier alpha value is -0.0800. The van der Waals surface area contributed by atoms with Crippen LogP contribution < -0.4 is 5.32 Å². The van der Waals surface area contributed by atoms with Gasteiger partial charge < -0.3 is 10.4 Å². The molecule has 2 N–H and O–H groups in total. The summed E-state index contributed by atoms with van der Waals surface area (Å²) in [7, 11) is 0. The van der Waals surface area contributed by atoms with E-state index in [0.717, 1.165) is 18.3 Å². The molecule has 1 heterocycles. The van der Waals surface area contributed by atoms with Gasteiger partial charge in [-0.15, -0.1) is 0 Å². The highest BCUT2D eigenvalue weighted by Gasteiger charge is 2.20. The summed E-state index contributed by atoms with van der Waals surface area (Å²) in [5.74, 6) is 1.62. The van der Waals surface area contributed by atoms with Crippen molar-refractivity contribution in [1.29, 1.82) is 0 Å². The van der Waals surface area contributed by atoms with Crippen LogP contribution >= 0.6 is 0 Å². The Labute approximate surface area is 75.4 Å². The SMILES string of the molecule is C[C@H](CC[C@@H](C)O)C1CCNC1. The predicted molar refractivity (Wildman–Crippen MR) is 51.1 cm³/mol. The molecule has 0 aliphatic carbocycles. The molecule has 0 aromatic carbocycles. The van der Waals surface area contributed by atoms with Crippen molar-refractivity contribution >= 4 is 0 Å². The molecule has 0 aromatic heterocycles. The highest BCUT2D eigenvalue weighted by molar-refractivity contribution is 4.76. The van der Waals surface area contributed by atoms with Gasteiger partial charge in [-0.25, -0.2) is 0 Å². The van der Waals surface area contributed by atoms with Gasteiger partial charge in [-0.2, -0.15) is 0 Å². The van der Waals surface area contributed by atoms with Gasteiger partial charge in [0, 0.05) is 0 Å². The molecule has 0 bridgehead atoms. The topological polar surface area (TPSA) is 32.3 Å². The first-order valence-electron chi connectivity index (χ1n) is 5.09. The van der Waals surface area contributed by atoms with Crippen LogP contribution in [0.25, 0.3) is 0 Å². The molecule has 72 valence electrons. The van der Waals surface area contributed by atoms with Gasteiger partial charge in [0.1, 0.15) is 0 Å². The van der Waals surface area contributed by atoms with Gasteiger partial charge in [0.2, 0.25) is 0 Å². The van der Waals surface area contributed by atoms with E-state index in [0.29, 0.717) is 0 Å². The molecule has 0 saturated carbocycles. The second-order valence-electron chi connectivity index (χ2n) is 4.16. The molecule has 3 atom stereocenters. The summed E-state index contributed by atoms with van der Waals surface area (Å²) in [6, 6.07) is 0. The van der Waals surface area contributed by atoms with Crippen LogP contribution in [0.15, 0.2) is 0 Å². The number of rotatable bonds is 4. The van der Waals surface area contributed by atoms with E-state index in [1.54, 1.807) is 0 Å². The summed E-state index contributed by atoms with van der Waals surface area (Å²) in [6.07, 6.45) is 3.32. The summed E-state index contributed by atoms with van der Waals surface area (Å²) in [4.78, 5) is 0. The zero-order valence-corrected chi connectivity index (χ0v) is 8.21. The lowest BCUT2D eigenvalue weighted by Gasteiger charge is -2.18. The van der Waals surface area contributed by atoms with Gasteiger partial charge in [0.25, 0.3) is 0 Å². The Morgan fingerprint density at radius 2 is 2.17 bits per heavy atom. The lowest BCUT2D eigenvalue weighted by molar-refractivity contribution is 0.168. The van der Waals surface area contributed by atoms with Crippen LogP contribution in [0.1, 0.15) is 33.1 Å². The Morgan fingerprint density at radius 3 is 2.67 bits per heavy atom. The molecule has 1 rings (SSSR count). The molecule has 2 heteroatoms. The lowest BCUT2D eigenvalue weighted by Crippen LogP contribution is -2.16. The first-order chi connectivity index (χ1) is 5.70. The van der Waals surface area contributed by atoms with Crippen molar-refractivity contribution in [3.63, 3.8) is 0 Å². The predicted octanol–water partition coefficient (Wildman–Crippen LogP) is 1.39. The molecule has 1 unspecified atom stereocenters. The second-order valence-corrected chi connectivity index (χ2v) is 4.16. The van der Waals surface area contributed by atoms with E-state index >= 15 is 0 Å². The smallest absolute Gasteiger partial charge is 0.0512 e. The van der Waals surface area contributed by atoms with E-state index in [1.807, 2.05) is 6.92 Å². The number of aliphatic hydroxyl groups is 1. The minimum atomic E-state index is -0.123. The molecule has 12 heavy (non-hydrogen) atoms. The zero-order chi connectivity index (χ0) is 8.97. The fourth-order valence-electron chi connectivity index (χ4n) is 1.90. The third-order valence-corrected chi connectivity index (χ3v) is 2.94. The van der Waals surface area contributed by atoms with E-state index in [4.69, 9.17) is 5.11 Å². The Bertz CT molecular complexity index is 119. The van der Waals surface area contributed by atoms with Crippen molar-refractivity contribution in [3.8, 4) is 0 Å². The van der Waals surface area contributed by atoms with E-state index in [-0.39, 0.29) is 6.10 Å². The molecular weight excluding hydrogens is 150 g/mol. The van der Waals surface area contributed by atoms with Crippen LogP contribution in [-0.4, -0.2) is 24.3 Å². The number of nitrogens with one attached hydrogen (secondary N) is 1. The largest absolute Gasteiger partial charge is 0.393 e. The fourth-order valence-corrected chi connectivity index (χ4v) is 1.90. The Morgan fingerprint density at radius 1 is 1.42 bits per heavy atom. The average Bonchev–Trinajstić information content (AvgIpc) is 2.51. The quantitative estimate of drug-likeness (QED) is 0.670. The normalized spacial score (nSPS) is 28.8. The van der Waals surface area contributed by atoms with Crippen molar-refractivity contribution in [3.05, 3.63) is 0 Å². The number of aliphatic hydroxyl groups excluding tert-OH is 1. The summed E-state index contributed by atoms with van der Waals surface area (Å²) >= 11 is 0. The van der Waals surface area contributed by atoms with Crippen molar-refractivity contribution in [2.45, 2.75) is 39.2 Å². The molecule has 0 amide bonds. The summed E-state index contributed by atoms with van der Waals surface area (Å²) in [6.45, 7) is 6.55. The molecule has 2 nitrogen and oxygen atoms in total. The first kappa shape index (κ1) is 10.0. The molecule has 1 fully saturated rings. The van der Waals surface area contributed by atoms with E-state index < -0.39 is 0 Å². The van der Waals surface area contributed by atoms with Gasteiger partial charge in [-0.3, -0.25) is 0 Å². The Kier molecular flexibility index (Phi) is 4.02. The van der Waals surface area contributed by atoms with Crippen LogP contribution in [0, 0.1) is 11.8 Å². The van der Waals surface area contributed by atoms with Crippen molar-refractivity contribution in [2.75, 3.05) is 13.1 Å². The first-order valence-corrected chi connectivity index (χ1v) is 5.09. The van der Waals surface area contributed by atoms with Crippen LogP contribution in [0.2, 0.25) is 0 Å². The average molecular weight is 171 g/mol. The van der Waals surface area contributed by atoms with E-state index in [2.05, 4.69) is 12.2 Å². The van der Waals surface area contributed by atoms with Gasteiger partial charge >= 0.3 is 0 Å². The van der Waals surface area contributed by atoms with Crippen LogP contribution in [-0.2, 0) is 0 Å². The van der Waals surface area contributed by atoms with Gasteiger partial charge in [-0.05, 0) is 51.1 Å². The molecule has 1 saturated heterocycles. The maximum Gasteiger partial charge on any atom is 0.0512 e. The molecule has 0 aromatic rings.